The van der Waals surface area contributed by atoms with Gasteiger partial charge in [-0.15, -0.1) is 11.3 Å². The lowest BCUT2D eigenvalue weighted by molar-refractivity contribution is -0.404. The molecular weight excluding hydrogens is 398 g/mol. The Labute approximate surface area is 163 Å². The molecule has 0 aliphatic rings. The summed E-state index contributed by atoms with van der Waals surface area (Å²) in [5.74, 6) is 3.89. The van der Waals surface area contributed by atoms with E-state index in [1.54, 1.807) is 41.1 Å². The van der Waals surface area contributed by atoms with Gasteiger partial charge in [-0.2, -0.15) is 27.9 Å². The third-order valence-electron chi connectivity index (χ3n) is 2.81. The molecule has 0 aliphatic carbocycles. The molecule has 0 saturated carbocycles. The summed E-state index contributed by atoms with van der Waals surface area (Å²) in [6, 6.07) is 2.01. The largest absolute Gasteiger partial charge is 0.366 e. The molecule has 0 amide bonds. The first-order valence-electron chi connectivity index (χ1n) is 7.50. The van der Waals surface area contributed by atoms with E-state index in [-0.39, 0.29) is 0 Å². The van der Waals surface area contributed by atoms with E-state index in [0.717, 1.165) is 39.9 Å². The summed E-state index contributed by atoms with van der Waals surface area (Å²) < 4.78 is 4.25. The molecule has 0 aliphatic heterocycles. The topological polar surface area (TPSA) is 93.0 Å². The summed E-state index contributed by atoms with van der Waals surface area (Å²) in [5, 5.41) is 21.9. The molecule has 2 aromatic rings. The molecule has 0 bridgehead atoms. The zero-order valence-corrected chi connectivity index (χ0v) is 16.7. The maximum Gasteiger partial charge on any atom is 0.274 e. The molecule has 0 unspecified atom stereocenters. The van der Waals surface area contributed by atoms with Crippen LogP contribution in [-0.2, 0) is 11.5 Å². The second kappa shape index (κ2) is 12.1. The van der Waals surface area contributed by atoms with Gasteiger partial charge in [-0.05, 0) is 17.6 Å². The minimum atomic E-state index is -0.444. The van der Waals surface area contributed by atoms with Crippen molar-refractivity contribution < 1.29 is 4.92 Å². The highest BCUT2D eigenvalue weighted by Crippen LogP contribution is 2.13. The van der Waals surface area contributed by atoms with E-state index in [1.165, 1.54) is 11.5 Å². The first kappa shape index (κ1) is 20.0. The van der Waals surface area contributed by atoms with E-state index in [2.05, 4.69) is 20.0 Å². The smallest absolute Gasteiger partial charge is 0.274 e. The number of nitrogens with zero attached hydrogens (tertiary/aromatic N) is 3. The Hall–Kier alpha value is -1.30. The van der Waals surface area contributed by atoms with Gasteiger partial charge in [0.15, 0.2) is 5.82 Å². The summed E-state index contributed by atoms with van der Waals surface area (Å²) in [4.78, 5) is 14.5. The van der Waals surface area contributed by atoms with Gasteiger partial charge in [0.25, 0.3) is 6.20 Å². The highest BCUT2D eigenvalue weighted by atomic mass is 32.2. The van der Waals surface area contributed by atoms with E-state index >= 15 is 0 Å². The average Bonchev–Trinajstić information content (AvgIpc) is 3.27. The van der Waals surface area contributed by atoms with Gasteiger partial charge in [0.05, 0.1) is 10.6 Å². The van der Waals surface area contributed by atoms with Crippen molar-refractivity contribution in [3.8, 4) is 0 Å². The Balaban J connectivity index is 1.58. The van der Waals surface area contributed by atoms with Gasteiger partial charge in [-0.1, -0.05) is 0 Å². The minimum absolute atomic E-state index is 0.444. The van der Waals surface area contributed by atoms with Gasteiger partial charge in [-0.25, -0.2) is 4.98 Å². The SMILES string of the molecule is O=[N+]([O-])C=C(NCCSCc1ccsn1)NCCSCc1nccs1. The van der Waals surface area contributed by atoms with Gasteiger partial charge >= 0.3 is 0 Å². The molecule has 2 N–H and O–H groups in total. The Morgan fingerprint density at radius 3 is 2.60 bits per heavy atom. The van der Waals surface area contributed by atoms with E-state index in [1.807, 2.05) is 16.8 Å². The van der Waals surface area contributed by atoms with E-state index in [0.29, 0.717) is 18.9 Å². The van der Waals surface area contributed by atoms with Gasteiger partial charge < -0.3 is 10.6 Å². The van der Waals surface area contributed by atoms with Gasteiger partial charge in [-0.3, -0.25) is 10.1 Å². The maximum atomic E-state index is 10.7. The van der Waals surface area contributed by atoms with Crippen molar-refractivity contribution in [2.24, 2.45) is 0 Å². The fourth-order valence-corrected chi connectivity index (χ4v) is 4.69. The van der Waals surface area contributed by atoms with Gasteiger partial charge in [0.1, 0.15) is 5.01 Å². The lowest BCUT2D eigenvalue weighted by Gasteiger charge is -2.11. The normalized spacial score (nSPS) is 11.4. The van der Waals surface area contributed by atoms with Crippen LogP contribution in [0.4, 0.5) is 0 Å². The predicted octanol–water partition coefficient (Wildman–Crippen LogP) is 3.02. The third-order valence-corrected chi connectivity index (χ3v) is 6.33. The van der Waals surface area contributed by atoms with Gasteiger partial charge in [0.2, 0.25) is 0 Å². The number of thioether (sulfide) groups is 2. The number of hydrogen-bond acceptors (Lipinski definition) is 10. The maximum absolute atomic E-state index is 10.7. The average molecular weight is 418 g/mol. The van der Waals surface area contributed by atoms with Crippen LogP contribution in [0.1, 0.15) is 10.7 Å². The van der Waals surface area contributed by atoms with Crippen molar-refractivity contribution in [1.29, 1.82) is 0 Å². The molecule has 11 heteroatoms. The van der Waals surface area contributed by atoms with E-state index < -0.39 is 4.92 Å². The monoisotopic (exact) mass is 417 g/mol. The third kappa shape index (κ3) is 9.10. The molecule has 0 aromatic carbocycles. The van der Waals surface area contributed by atoms with Crippen LogP contribution in [-0.4, -0.2) is 38.9 Å². The van der Waals surface area contributed by atoms with Crippen LogP contribution in [0.3, 0.4) is 0 Å². The second-order valence-electron chi connectivity index (χ2n) is 4.70. The Kier molecular flexibility index (Phi) is 9.70. The van der Waals surface area contributed by atoms with Crippen LogP contribution >= 0.6 is 46.4 Å². The Morgan fingerprint density at radius 1 is 1.24 bits per heavy atom. The zero-order valence-electron chi connectivity index (χ0n) is 13.4. The molecule has 2 rings (SSSR count). The number of rotatable bonds is 13. The van der Waals surface area contributed by atoms with Crippen LogP contribution in [0.25, 0.3) is 0 Å². The molecule has 7 nitrogen and oxygen atoms in total. The van der Waals surface area contributed by atoms with E-state index in [9.17, 15) is 10.1 Å². The summed E-state index contributed by atoms with van der Waals surface area (Å²) in [5.41, 5.74) is 1.08. The number of nitro groups is 1. The highest BCUT2D eigenvalue weighted by Gasteiger charge is 2.03. The quantitative estimate of drug-likeness (QED) is 0.292. The summed E-state index contributed by atoms with van der Waals surface area (Å²) >= 11 is 6.59. The fourth-order valence-electron chi connectivity index (χ4n) is 1.75. The summed E-state index contributed by atoms with van der Waals surface area (Å²) in [6.45, 7) is 1.32. The number of aromatic nitrogens is 2. The summed E-state index contributed by atoms with van der Waals surface area (Å²) in [7, 11) is 0. The first-order chi connectivity index (χ1) is 12.2. The number of nitrogens with one attached hydrogen (secondary N) is 2. The molecule has 2 aromatic heterocycles. The lowest BCUT2D eigenvalue weighted by Crippen LogP contribution is -2.30. The van der Waals surface area contributed by atoms with Crippen LogP contribution in [0, 0.1) is 10.1 Å². The Morgan fingerprint density at radius 2 is 2.00 bits per heavy atom. The number of hydrogen-bond donors (Lipinski definition) is 2. The van der Waals surface area contributed by atoms with Crippen molar-refractivity contribution in [2.45, 2.75) is 11.5 Å². The number of thiazole rings is 1. The van der Waals surface area contributed by atoms with Crippen LogP contribution in [0.5, 0.6) is 0 Å². The molecule has 2 heterocycles. The van der Waals surface area contributed by atoms with Crippen molar-refractivity contribution in [2.75, 3.05) is 24.6 Å². The summed E-state index contributed by atoms with van der Waals surface area (Å²) in [6.07, 6.45) is 2.78. The van der Waals surface area contributed by atoms with Crippen LogP contribution in [0.15, 0.2) is 35.0 Å². The molecule has 0 fully saturated rings. The molecule has 0 radical (unpaired) electrons. The standard InChI is InChI=1S/C14H19N5O2S4/c20-19(21)9-13(15-2-6-22-10-12-1-5-25-18-12)16-3-7-23-11-14-17-4-8-24-14/h1,4-5,8-9,15-16H,2-3,6-7,10-11H2. The van der Waals surface area contributed by atoms with E-state index in [4.69, 9.17) is 0 Å². The Bertz CT molecular complexity index is 587. The lowest BCUT2D eigenvalue weighted by atomic mass is 10.5. The predicted molar refractivity (Wildman–Crippen MR) is 108 cm³/mol. The highest BCUT2D eigenvalue weighted by molar-refractivity contribution is 7.98. The van der Waals surface area contributed by atoms with Crippen molar-refractivity contribution in [1.82, 2.24) is 20.0 Å². The van der Waals surface area contributed by atoms with Crippen molar-refractivity contribution in [3.05, 3.63) is 55.9 Å². The zero-order chi connectivity index (χ0) is 17.7. The fraction of sp³-hybridized carbons (Fsp3) is 0.429. The molecule has 0 saturated heterocycles. The molecular formula is C14H19N5O2S4. The molecule has 0 spiro atoms. The van der Waals surface area contributed by atoms with Gasteiger partial charge in [0, 0.05) is 53.1 Å². The molecule has 0 atom stereocenters. The first-order valence-corrected chi connectivity index (χ1v) is 11.5. The second-order valence-corrected chi connectivity index (χ2v) is 8.56. The van der Waals surface area contributed by atoms with Crippen molar-refractivity contribution in [3.63, 3.8) is 0 Å². The van der Waals surface area contributed by atoms with Crippen LogP contribution < -0.4 is 10.6 Å². The molecule has 25 heavy (non-hydrogen) atoms. The van der Waals surface area contributed by atoms with Crippen LogP contribution in [0.2, 0.25) is 0 Å². The van der Waals surface area contributed by atoms with Crippen molar-refractivity contribution >= 4 is 46.4 Å². The minimum Gasteiger partial charge on any atom is -0.366 e. The molecule has 136 valence electrons.